The molecule has 0 amide bonds. The highest BCUT2D eigenvalue weighted by atomic mass is 35.5. The van der Waals surface area contributed by atoms with Crippen LogP contribution in [0.15, 0.2) is 11.6 Å². The predicted molar refractivity (Wildman–Crippen MR) is 108 cm³/mol. The van der Waals surface area contributed by atoms with Gasteiger partial charge in [-0.05, 0) is 25.7 Å². The highest BCUT2D eigenvalue weighted by Crippen LogP contribution is 2.33. The van der Waals surface area contributed by atoms with Gasteiger partial charge in [0.25, 0.3) is 0 Å². The summed E-state index contributed by atoms with van der Waals surface area (Å²) in [5, 5.41) is 3.45. The zero-order valence-electron chi connectivity index (χ0n) is 14.3. The third-order valence-electron chi connectivity index (χ3n) is 4.48. The van der Waals surface area contributed by atoms with Crippen molar-refractivity contribution in [2.75, 3.05) is 5.88 Å². The minimum absolute atomic E-state index is 0.111. The van der Waals surface area contributed by atoms with Gasteiger partial charge in [-0.25, -0.2) is 4.98 Å². The zero-order valence-corrected chi connectivity index (χ0v) is 16.7. The van der Waals surface area contributed by atoms with Crippen LogP contribution in [0.3, 0.4) is 0 Å². The maximum Gasteiger partial charge on any atom is 0.134 e. The Hall–Kier alpha value is -0.520. The zero-order chi connectivity index (χ0) is 17.6. The van der Waals surface area contributed by atoms with E-state index in [-0.39, 0.29) is 5.88 Å². The second kappa shape index (κ2) is 13.7. The highest BCUT2D eigenvalue weighted by Gasteiger charge is 2.17. The number of alkyl halides is 1. The van der Waals surface area contributed by atoms with E-state index >= 15 is 0 Å². The van der Waals surface area contributed by atoms with E-state index in [0.29, 0.717) is 12.2 Å². The molecule has 0 bridgehead atoms. The van der Waals surface area contributed by atoms with E-state index in [0.717, 1.165) is 10.9 Å². The van der Waals surface area contributed by atoms with Crippen LogP contribution in [0.1, 0.15) is 75.1 Å². The Labute approximate surface area is 160 Å². The fourth-order valence-electron chi connectivity index (χ4n) is 3.17. The van der Waals surface area contributed by atoms with Crippen LogP contribution in [0.25, 0.3) is 0 Å². The quantitative estimate of drug-likeness (QED) is 0.423. The predicted octanol–water partition coefficient (Wildman–Crippen LogP) is 5.47. The van der Waals surface area contributed by atoms with Crippen LogP contribution in [-0.2, 0) is 4.79 Å². The molecule has 0 aromatic carbocycles. The minimum atomic E-state index is 0.111. The average Bonchev–Trinajstić information content (AvgIpc) is 3.19. The summed E-state index contributed by atoms with van der Waals surface area (Å²) in [5.74, 6) is 1.47. The topological polar surface area (TPSA) is 56.0 Å². The molecule has 136 valence electrons. The van der Waals surface area contributed by atoms with Gasteiger partial charge in [0, 0.05) is 23.4 Å². The summed E-state index contributed by atoms with van der Waals surface area (Å²) in [7, 11) is 0. The average molecular weight is 389 g/mol. The summed E-state index contributed by atoms with van der Waals surface area (Å²) in [5.41, 5.74) is 5.50. The van der Waals surface area contributed by atoms with Gasteiger partial charge in [0.15, 0.2) is 0 Å². The molecule has 1 aromatic rings. The highest BCUT2D eigenvalue weighted by molar-refractivity contribution is 7.80. The Bertz CT molecular complexity index is 442. The van der Waals surface area contributed by atoms with Crippen LogP contribution in [0.2, 0.25) is 0 Å². The molecule has 0 aliphatic heterocycles. The molecule has 6 heteroatoms. The largest absolute Gasteiger partial charge is 0.393 e. The third kappa shape index (κ3) is 9.09. The fraction of sp³-hybridized carbons (Fsp3) is 0.722. The normalized spacial score (nSPS) is 18.5. The number of halogens is 1. The van der Waals surface area contributed by atoms with E-state index in [2.05, 4.69) is 10.4 Å². The first-order chi connectivity index (χ1) is 11.7. The van der Waals surface area contributed by atoms with E-state index in [9.17, 15) is 0 Å². The number of hydrogen-bond acceptors (Lipinski definition) is 4. The molecule has 2 aliphatic rings. The van der Waals surface area contributed by atoms with Crippen molar-refractivity contribution in [3.8, 4) is 0 Å². The third-order valence-corrected chi connectivity index (χ3v) is 5.87. The first kappa shape index (κ1) is 21.5. The standard InChI is InChI=1S/C9H13NS.C7H13NS.C2H3ClO/c1-2-4-8(5-3-1)9-10-6-7-11-9;8-7(9)6-4-2-1-3-5-6;3-1-2-4/h6-8H,1-5H2;6H,1-5H2,(H2,8,9);2H,1H2. The molecule has 2 saturated carbocycles. The van der Waals surface area contributed by atoms with Crippen molar-refractivity contribution in [1.29, 1.82) is 0 Å². The van der Waals surface area contributed by atoms with Gasteiger partial charge in [0.05, 0.1) is 15.9 Å². The summed E-state index contributed by atoms with van der Waals surface area (Å²) in [4.78, 5) is 14.1. The Morgan fingerprint density at radius 3 is 2.12 bits per heavy atom. The molecule has 3 nitrogen and oxygen atoms in total. The van der Waals surface area contributed by atoms with Gasteiger partial charge in [-0.1, -0.05) is 50.7 Å². The number of carbonyl (C=O) groups excluding carboxylic acids is 1. The van der Waals surface area contributed by atoms with E-state index in [4.69, 9.17) is 34.3 Å². The maximum absolute atomic E-state index is 9.04. The number of rotatable bonds is 3. The number of nitrogens with two attached hydrogens (primary N) is 1. The summed E-state index contributed by atoms with van der Waals surface area (Å²) < 4.78 is 0. The number of aldehydes is 1. The van der Waals surface area contributed by atoms with Crippen LogP contribution in [0.5, 0.6) is 0 Å². The molecule has 0 spiro atoms. The molecular formula is C18H29ClN2OS2. The number of aromatic nitrogens is 1. The molecule has 2 aliphatic carbocycles. The van der Waals surface area contributed by atoms with E-state index in [1.807, 2.05) is 17.5 Å². The lowest BCUT2D eigenvalue weighted by Gasteiger charge is -2.19. The van der Waals surface area contributed by atoms with E-state index < -0.39 is 0 Å². The lowest BCUT2D eigenvalue weighted by Crippen LogP contribution is -2.22. The number of thiazole rings is 1. The first-order valence-corrected chi connectivity index (χ1v) is 10.7. The Morgan fingerprint density at radius 1 is 1.21 bits per heavy atom. The second-order valence-electron chi connectivity index (χ2n) is 6.26. The molecule has 0 atom stereocenters. The lowest BCUT2D eigenvalue weighted by molar-refractivity contribution is -0.105. The Morgan fingerprint density at radius 2 is 1.75 bits per heavy atom. The van der Waals surface area contributed by atoms with Crippen LogP contribution >= 0.6 is 35.2 Å². The van der Waals surface area contributed by atoms with E-state index in [1.165, 1.54) is 69.2 Å². The molecule has 0 radical (unpaired) electrons. The Balaban J connectivity index is 0.000000201. The number of nitrogens with zero attached hydrogens (tertiary/aromatic N) is 1. The summed E-state index contributed by atoms with van der Waals surface area (Å²) in [6.07, 6.45) is 16.0. The van der Waals surface area contributed by atoms with Crippen molar-refractivity contribution in [3.05, 3.63) is 16.6 Å². The number of carbonyl (C=O) groups is 1. The van der Waals surface area contributed by atoms with Gasteiger partial charge in [-0.15, -0.1) is 22.9 Å². The monoisotopic (exact) mass is 388 g/mol. The van der Waals surface area contributed by atoms with Gasteiger partial charge in [-0.2, -0.15) is 0 Å². The van der Waals surface area contributed by atoms with Gasteiger partial charge < -0.3 is 10.5 Å². The van der Waals surface area contributed by atoms with Crippen molar-refractivity contribution in [1.82, 2.24) is 4.98 Å². The van der Waals surface area contributed by atoms with Gasteiger partial charge in [-0.3, -0.25) is 0 Å². The second-order valence-corrected chi connectivity index (χ2v) is 7.97. The van der Waals surface area contributed by atoms with Gasteiger partial charge in [0.2, 0.25) is 0 Å². The molecule has 1 aromatic heterocycles. The first-order valence-electron chi connectivity index (χ1n) is 8.87. The molecular weight excluding hydrogens is 360 g/mol. The molecule has 0 unspecified atom stereocenters. The molecule has 3 rings (SSSR count). The molecule has 2 N–H and O–H groups in total. The smallest absolute Gasteiger partial charge is 0.134 e. The number of thiocarbonyl (C=S) groups is 1. The summed E-state index contributed by atoms with van der Waals surface area (Å²) in [6, 6.07) is 0. The molecule has 0 saturated heterocycles. The SMILES string of the molecule is NC(=S)C1CCCCC1.O=CCCl.c1csc(C2CCCCC2)n1. The van der Waals surface area contributed by atoms with Crippen LogP contribution in [0.4, 0.5) is 0 Å². The lowest BCUT2D eigenvalue weighted by atomic mass is 9.89. The molecule has 24 heavy (non-hydrogen) atoms. The van der Waals surface area contributed by atoms with Gasteiger partial charge in [0.1, 0.15) is 6.29 Å². The van der Waals surface area contributed by atoms with Crippen LogP contribution < -0.4 is 5.73 Å². The van der Waals surface area contributed by atoms with Crippen LogP contribution in [-0.4, -0.2) is 22.1 Å². The fourth-order valence-corrected chi connectivity index (χ4v) is 4.22. The van der Waals surface area contributed by atoms with Crippen LogP contribution in [0, 0.1) is 5.92 Å². The van der Waals surface area contributed by atoms with Crippen molar-refractivity contribution in [2.45, 2.75) is 70.1 Å². The van der Waals surface area contributed by atoms with E-state index in [1.54, 1.807) is 0 Å². The maximum atomic E-state index is 9.04. The minimum Gasteiger partial charge on any atom is -0.393 e. The van der Waals surface area contributed by atoms with Crippen molar-refractivity contribution in [2.24, 2.45) is 11.7 Å². The van der Waals surface area contributed by atoms with Crippen molar-refractivity contribution < 1.29 is 4.79 Å². The van der Waals surface area contributed by atoms with Crippen molar-refractivity contribution >= 4 is 46.4 Å². The van der Waals surface area contributed by atoms with Crippen molar-refractivity contribution in [3.63, 3.8) is 0 Å². The van der Waals surface area contributed by atoms with Gasteiger partial charge >= 0.3 is 0 Å². The summed E-state index contributed by atoms with van der Waals surface area (Å²) >= 11 is 11.5. The Kier molecular flexibility index (Phi) is 12.3. The molecule has 1 heterocycles. The molecule has 2 fully saturated rings. The summed E-state index contributed by atoms with van der Waals surface area (Å²) in [6.45, 7) is 0. The number of hydrogen-bond donors (Lipinski definition) is 1.